The highest BCUT2D eigenvalue weighted by atomic mass is 32.2. The monoisotopic (exact) mass is 580 g/mol. The van der Waals surface area contributed by atoms with Crippen LogP contribution in [0.2, 0.25) is 0 Å². The number of carbonyl (C=O) groups excluding carboxylic acids is 2. The van der Waals surface area contributed by atoms with E-state index in [0.29, 0.717) is 69.3 Å². The first-order valence-electron chi connectivity index (χ1n) is 12.4. The van der Waals surface area contributed by atoms with Gasteiger partial charge in [-0.25, -0.2) is 0 Å². The van der Waals surface area contributed by atoms with Crippen molar-refractivity contribution in [2.45, 2.75) is 0 Å². The first-order chi connectivity index (χ1) is 19.4. The minimum absolute atomic E-state index is 0.261. The lowest BCUT2D eigenvalue weighted by Crippen LogP contribution is -2.49. The van der Waals surface area contributed by atoms with Gasteiger partial charge < -0.3 is 28.7 Å². The summed E-state index contributed by atoms with van der Waals surface area (Å²) < 4.78 is 21.3. The lowest BCUT2D eigenvalue weighted by Gasteiger charge is -2.35. The number of nitrogens with zero attached hydrogens (tertiary/aromatic N) is 4. The zero-order valence-corrected chi connectivity index (χ0v) is 24.1. The number of aliphatic imine (C=N–C) groups is 2. The SMILES string of the molecule is COc1ccc(/C=C2/SC(N3CCN(C4=NC(=O)/C(=C\c5ccc(OC)c(OC)c5)S4)CC3)=NC2=O)cc1OC. The van der Waals surface area contributed by atoms with Crippen molar-refractivity contribution in [1.29, 1.82) is 0 Å². The van der Waals surface area contributed by atoms with Crippen molar-refractivity contribution in [3.63, 3.8) is 0 Å². The molecule has 0 aliphatic carbocycles. The topological polar surface area (TPSA) is 102 Å². The quantitative estimate of drug-likeness (QED) is 0.466. The van der Waals surface area contributed by atoms with E-state index in [2.05, 4.69) is 19.8 Å². The van der Waals surface area contributed by atoms with E-state index in [1.807, 2.05) is 36.4 Å². The number of hydrogen-bond donors (Lipinski definition) is 0. The number of amides is 2. The molecule has 0 spiro atoms. The lowest BCUT2D eigenvalue weighted by molar-refractivity contribution is -0.114. The molecule has 2 aromatic carbocycles. The number of benzene rings is 2. The molecule has 3 aliphatic heterocycles. The van der Waals surface area contributed by atoms with E-state index in [0.717, 1.165) is 11.1 Å². The third kappa shape index (κ3) is 5.82. The zero-order chi connectivity index (χ0) is 28.2. The van der Waals surface area contributed by atoms with Gasteiger partial charge >= 0.3 is 0 Å². The number of methoxy groups -OCH3 is 4. The fraction of sp³-hybridized carbons (Fsp3) is 0.286. The number of rotatable bonds is 6. The van der Waals surface area contributed by atoms with Gasteiger partial charge in [0.1, 0.15) is 0 Å². The molecule has 0 unspecified atom stereocenters. The van der Waals surface area contributed by atoms with Crippen molar-refractivity contribution in [1.82, 2.24) is 9.80 Å². The summed E-state index contributed by atoms with van der Waals surface area (Å²) in [6, 6.07) is 11.0. The summed E-state index contributed by atoms with van der Waals surface area (Å²) in [5, 5.41) is 1.37. The summed E-state index contributed by atoms with van der Waals surface area (Å²) in [5.74, 6) is 1.92. The molecule has 0 aromatic heterocycles. The molecule has 0 saturated carbocycles. The van der Waals surface area contributed by atoms with Gasteiger partial charge in [0.15, 0.2) is 33.3 Å². The van der Waals surface area contributed by atoms with Crippen LogP contribution in [0.4, 0.5) is 0 Å². The molecule has 40 heavy (non-hydrogen) atoms. The smallest absolute Gasteiger partial charge is 0.286 e. The Hall–Kier alpha value is -3.90. The fourth-order valence-corrected chi connectivity index (χ4v) is 6.27. The van der Waals surface area contributed by atoms with Crippen LogP contribution in [-0.4, -0.2) is 86.6 Å². The number of amidine groups is 2. The zero-order valence-electron chi connectivity index (χ0n) is 22.5. The third-order valence-electron chi connectivity index (χ3n) is 6.45. The highest BCUT2D eigenvalue weighted by molar-refractivity contribution is 8.18. The van der Waals surface area contributed by atoms with E-state index < -0.39 is 0 Å². The summed E-state index contributed by atoms with van der Waals surface area (Å²) >= 11 is 2.73. The molecular formula is C28H28N4O6S2. The molecule has 1 fully saturated rings. The molecule has 10 nitrogen and oxygen atoms in total. The molecule has 2 amide bonds. The van der Waals surface area contributed by atoms with Crippen LogP contribution in [0, 0.1) is 0 Å². The largest absolute Gasteiger partial charge is 0.493 e. The molecular weight excluding hydrogens is 552 g/mol. The van der Waals surface area contributed by atoms with E-state index in [-0.39, 0.29) is 11.8 Å². The molecule has 12 heteroatoms. The Labute approximate surface area is 240 Å². The van der Waals surface area contributed by atoms with E-state index in [1.54, 1.807) is 40.6 Å². The van der Waals surface area contributed by atoms with Gasteiger partial charge in [-0.3, -0.25) is 9.59 Å². The predicted molar refractivity (Wildman–Crippen MR) is 158 cm³/mol. The van der Waals surface area contributed by atoms with E-state index in [1.165, 1.54) is 23.5 Å². The summed E-state index contributed by atoms with van der Waals surface area (Å²) in [6.45, 7) is 2.63. The highest BCUT2D eigenvalue weighted by Crippen LogP contribution is 2.35. The molecule has 1 saturated heterocycles. The molecule has 2 aromatic rings. The maximum absolute atomic E-state index is 12.6. The van der Waals surface area contributed by atoms with Crippen molar-refractivity contribution in [3.8, 4) is 23.0 Å². The Bertz CT molecular complexity index is 1350. The van der Waals surface area contributed by atoms with Gasteiger partial charge in [0.2, 0.25) is 0 Å². The summed E-state index contributed by atoms with van der Waals surface area (Å²) in [5.41, 5.74) is 1.65. The van der Waals surface area contributed by atoms with Gasteiger partial charge in [0, 0.05) is 26.2 Å². The highest BCUT2D eigenvalue weighted by Gasteiger charge is 2.32. The first-order valence-corrected chi connectivity index (χ1v) is 14.0. The number of hydrogen-bond acceptors (Lipinski definition) is 10. The Kier molecular flexibility index (Phi) is 8.36. The van der Waals surface area contributed by atoms with Crippen molar-refractivity contribution >= 4 is 57.8 Å². The molecule has 0 atom stereocenters. The van der Waals surface area contributed by atoms with Crippen LogP contribution in [0.5, 0.6) is 23.0 Å². The number of thioether (sulfide) groups is 2. The van der Waals surface area contributed by atoms with E-state index in [9.17, 15) is 9.59 Å². The maximum atomic E-state index is 12.6. The third-order valence-corrected chi connectivity index (χ3v) is 8.54. The minimum atomic E-state index is -0.261. The Morgan fingerprint density at radius 1 is 0.625 bits per heavy atom. The van der Waals surface area contributed by atoms with E-state index in [4.69, 9.17) is 18.9 Å². The van der Waals surface area contributed by atoms with Crippen LogP contribution in [-0.2, 0) is 9.59 Å². The molecule has 0 bridgehead atoms. The van der Waals surface area contributed by atoms with Crippen LogP contribution in [0.25, 0.3) is 12.2 Å². The molecule has 0 radical (unpaired) electrons. The molecule has 0 N–H and O–H groups in total. The van der Waals surface area contributed by atoms with Crippen LogP contribution < -0.4 is 18.9 Å². The van der Waals surface area contributed by atoms with E-state index >= 15 is 0 Å². The number of piperazine rings is 1. The molecule has 5 rings (SSSR count). The normalized spacial score (nSPS) is 19.3. The molecule has 3 heterocycles. The maximum Gasteiger partial charge on any atom is 0.286 e. The first kappa shape index (κ1) is 27.7. The van der Waals surface area contributed by atoms with Crippen LogP contribution >= 0.6 is 23.5 Å². The summed E-state index contributed by atoms with van der Waals surface area (Å²) in [7, 11) is 6.31. The second-order valence-electron chi connectivity index (χ2n) is 8.82. The number of carbonyl (C=O) groups is 2. The second kappa shape index (κ2) is 12.1. The van der Waals surface area contributed by atoms with Gasteiger partial charge in [0.05, 0.1) is 38.2 Å². The Morgan fingerprint density at radius 3 is 1.35 bits per heavy atom. The van der Waals surface area contributed by atoms with Gasteiger partial charge in [0.25, 0.3) is 11.8 Å². The fourth-order valence-electron chi connectivity index (χ4n) is 4.34. The van der Waals surface area contributed by atoms with Crippen LogP contribution in [0.1, 0.15) is 11.1 Å². The minimum Gasteiger partial charge on any atom is -0.493 e. The summed E-state index contributed by atoms with van der Waals surface area (Å²) in [4.78, 5) is 39.1. The Morgan fingerprint density at radius 2 is 1.00 bits per heavy atom. The van der Waals surface area contributed by atoms with Gasteiger partial charge in [-0.2, -0.15) is 9.98 Å². The lowest BCUT2D eigenvalue weighted by atomic mass is 10.2. The van der Waals surface area contributed by atoms with Crippen molar-refractivity contribution in [3.05, 3.63) is 57.3 Å². The van der Waals surface area contributed by atoms with Crippen molar-refractivity contribution in [2.75, 3.05) is 54.6 Å². The summed E-state index contributed by atoms with van der Waals surface area (Å²) in [6.07, 6.45) is 3.62. The second-order valence-corrected chi connectivity index (χ2v) is 10.8. The van der Waals surface area contributed by atoms with Gasteiger partial charge in [-0.1, -0.05) is 12.1 Å². The van der Waals surface area contributed by atoms with Crippen molar-refractivity contribution in [2.24, 2.45) is 9.98 Å². The average molecular weight is 581 g/mol. The van der Waals surface area contributed by atoms with Crippen LogP contribution in [0.15, 0.2) is 56.2 Å². The van der Waals surface area contributed by atoms with Gasteiger partial charge in [-0.15, -0.1) is 0 Å². The number of ether oxygens (including phenoxy) is 4. The standard InChI is InChI=1S/C28H28N4O6S2/c1-35-19-7-5-17(13-21(19)37-3)15-23-25(33)29-27(39-23)31-9-11-32(12-10-31)28-30-26(34)24(40-28)16-18-6-8-20(36-2)22(14-18)38-4/h5-8,13-16H,9-12H2,1-4H3/b23-15+,24-16+. The van der Waals surface area contributed by atoms with Crippen molar-refractivity contribution < 1.29 is 28.5 Å². The Balaban J connectivity index is 1.19. The predicted octanol–water partition coefficient (Wildman–Crippen LogP) is 3.98. The molecule has 208 valence electrons. The van der Waals surface area contributed by atoms with Gasteiger partial charge in [-0.05, 0) is 71.1 Å². The van der Waals surface area contributed by atoms with Crippen LogP contribution in [0.3, 0.4) is 0 Å². The molecule has 3 aliphatic rings. The average Bonchev–Trinajstić information content (AvgIpc) is 3.54.